The number of hydrogen-bond donors (Lipinski definition) is 0. The zero-order valence-electron chi connectivity index (χ0n) is 17.2. The first kappa shape index (κ1) is 21.5. The van der Waals surface area contributed by atoms with Crippen molar-refractivity contribution < 1.29 is 13.0 Å². The van der Waals surface area contributed by atoms with Gasteiger partial charge in [-0.3, -0.25) is 0 Å². The lowest BCUT2D eigenvalue weighted by Gasteiger charge is -2.28. The van der Waals surface area contributed by atoms with Gasteiger partial charge in [-0.25, -0.2) is 8.42 Å². The predicted molar refractivity (Wildman–Crippen MR) is 128 cm³/mol. The van der Waals surface area contributed by atoms with Crippen molar-refractivity contribution in [3.8, 4) is 0 Å². The molecule has 0 saturated carbocycles. The van der Waals surface area contributed by atoms with E-state index in [1.165, 1.54) is 17.2 Å². The Kier molecular flexibility index (Phi) is 6.06. The smallest absolute Gasteiger partial charge is 0.124 e. The molecule has 5 heteroatoms. The van der Waals surface area contributed by atoms with Crippen LogP contribution in [0.5, 0.6) is 0 Å². The van der Waals surface area contributed by atoms with E-state index in [0.717, 1.165) is 22.1 Å². The van der Waals surface area contributed by atoms with Crippen LogP contribution >= 0.6 is 7.26 Å². The highest BCUT2D eigenvalue weighted by molar-refractivity contribution is 7.95. The van der Waals surface area contributed by atoms with E-state index in [1.807, 2.05) is 42.5 Å². The lowest BCUT2D eigenvalue weighted by molar-refractivity contribution is 0.463. The fraction of sp³-hybridized carbons (Fsp3) is 0.0769. The van der Waals surface area contributed by atoms with Gasteiger partial charge in [0.2, 0.25) is 0 Å². The molecule has 0 heterocycles. The summed E-state index contributed by atoms with van der Waals surface area (Å²) in [6.45, 7) is 2.06. The van der Waals surface area contributed by atoms with Gasteiger partial charge in [-0.2, -0.15) is 0 Å². The van der Waals surface area contributed by atoms with Crippen LogP contribution in [-0.2, 0) is 16.3 Å². The number of rotatable bonds is 6. The monoisotopic (exact) mass is 446 g/mol. The van der Waals surface area contributed by atoms with E-state index < -0.39 is 17.4 Å². The maximum absolute atomic E-state index is 11.8. The quantitative estimate of drug-likeness (QED) is 0.326. The van der Waals surface area contributed by atoms with Crippen LogP contribution in [0.3, 0.4) is 0 Å². The molecule has 0 aliphatic carbocycles. The van der Waals surface area contributed by atoms with E-state index in [1.54, 1.807) is 12.1 Å². The standard InChI is InChI=1S/C26H23O3PS/c1-21-15-17-22(18-16-21)20-30(23-9-4-2-5-10-23,24-11-6-3-7-12-24)25-13-8-14-26(19-25)31(27,28)29/h2-19H,20H2,1H3. The molecule has 0 aliphatic heterocycles. The van der Waals surface area contributed by atoms with E-state index in [2.05, 4.69) is 55.5 Å². The van der Waals surface area contributed by atoms with Gasteiger partial charge in [0.25, 0.3) is 0 Å². The van der Waals surface area contributed by atoms with Crippen molar-refractivity contribution in [3.63, 3.8) is 0 Å². The summed E-state index contributed by atoms with van der Waals surface area (Å²) in [5.41, 5.74) is 2.36. The minimum Gasteiger partial charge on any atom is -0.744 e. The molecule has 31 heavy (non-hydrogen) atoms. The Balaban J connectivity index is 2.04. The van der Waals surface area contributed by atoms with Gasteiger partial charge in [-0.1, -0.05) is 72.3 Å². The molecule has 3 nitrogen and oxygen atoms in total. The predicted octanol–water partition coefficient (Wildman–Crippen LogP) is 4.39. The molecule has 4 aromatic rings. The Labute approximate surface area is 184 Å². The summed E-state index contributed by atoms with van der Waals surface area (Å²) in [6.07, 6.45) is 0.726. The highest BCUT2D eigenvalue weighted by Gasteiger charge is 2.45. The van der Waals surface area contributed by atoms with Crippen molar-refractivity contribution in [3.05, 3.63) is 120 Å². The van der Waals surface area contributed by atoms with Crippen LogP contribution < -0.4 is 15.9 Å². The molecule has 0 radical (unpaired) electrons. The van der Waals surface area contributed by atoms with E-state index >= 15 is 0 Å². The molecule has 0 spiro atoms. The van der Waals surface area contributed by atoms with Gasteiger partial charge in [0, 0.05) is 0 Å². The average Bonchev–Trinajstić information content (AvgIpc) is 2.79. The molecule has 4 aromatic carbocycles. The molecule has 0 bridgehead atoms. The van der Waals surface area contributed by atoms with E-state index in [-0.39, 0.29) is 4.90 Å². The maximum Gasteiger partial charge on any atom is 0.124 e. The average molecular weight is 447 g/mol. The van der Waals surface area contributed by atoms with E-state index in [9.17, 15) is 13.0 Å². The summed E-state index contributed by atoms with van der Waals surface area (Å²) in [4.78, 5) is -0.190. The van der Waals surface area contributed by atoms with Gasteiger partial charge < -0.3 is 4.55 Å². The Bertz CT molecular complexity index is 1230. The summed E-state index contributed by atoms with van der Waals surface area (Å²) in [7, 11) is -6.85. The van der Waals surface area contributed by atoms with E-state index in [4.69, 9.17) is 0 Å². The zero-order chi connectivity index (χ0) is 21.9. The third-order valence-corrected chi connectivity index (χ3v) is 10.7. The number of hydrogen-bond acceptors (Lipinski definition) is 3. The first-order valence-electron chi connectivity index (χ1n) is 10.0. The van der Waals surface area contributed by atoms with Crippen LogP contribution in [0.25, 0.3) is 0 Å². The summed E-state index contributed by atoms with van der Waals surface area (Å²) in [5.74, 6) is 0. The minimum absolute atomic E-state index is 0.190. The second-order valence-corrected chi connectivity index (χ2v) is 12.4. The highest BCUT2D eigenvalue weighted by Crippen LogP contribution is 2.58. The molecular formula is C26H23O3PS. The lowest BCUT2D eigenvalue weighted by atomic mass is 10.2. The molecule has 156 valence electrons. The van der Waals surface area contributed by atoms with Crippen LogP contribution in [0.2, 0.25) is 0 Å². The van der Waals surface area contributed by atoms with Crippen LogP contribution in [0.1, 0.15) is 11.1 Å². The first-order valence-corrected chi connectivity index (χ1v) is 13.4. The van der Waals surface area contributed by atoms with Gasteiger partial charge in [0.1, 0.15) is 33.3 Å². The lowest BCUT2D eigenvalue weighted by Crippen LogP contribution is -2.32. The zero-order valence-corrected chi connectivity index (χ0v) is 18.9. The van der Waals surface area contributed by atoms with Gasteiger partial charge in [-0.15, -0.1) is 0 Å². The Morgan fingerprint density at radius 1 is 0.677 bits per heavy atom. The van der Waals surface area contributed by atoms with Crippen molar-refractivity contribution >= 4 is 33.3 Å². The molecule has 0 unspecified atom stereocenters. The van der Waals surface area contributed by atoms with Crippen molar-refractivity contribution in [2.75, 3.05) is 0 Å². The summed E-state index contributed by atoms with van der Waals surface area (Å²) < 4.78 is 35.5. The summed E-state index contributed by atoms with van der Waals surface area (Å²) >= 11 is 0. The fourth-order valence-electron chi connectivity index (χ4n) is 3.93. The van der Waals surface area contributed by atoms with Crippen LogP contribution in [-0.4, -0.2) is 13.0 Å². The Morgan fingerprint density at radius 2 is 1.19 bits per heavy atom. The molecule has 0 aromatic heterocycles. The highest BCUT2D eigenvalue weighted by atomic mass is 32.2. The number of benzene rings is 4. The maximum atomic E-state index is 11.8. The summed E-state index contributed by atoms with van der Waals surface area (Å²) in [6, 6.07) is 35.5. The molecular weight excluding hydrogens is 423 g/mol. The van der Waals surface area contributed by atoms with Crippen molar-refractivity contribution in [1.82, 2.24) is 0 Å². The Morgan fingerprint density at radius 3 is 1.71 bits per heavy atom. The largest absolute Gasteiger partial charge is 0.744 e. The van der Waals surface area contributed by atoms with Gasteiger partial charge in [0.15, 0.2) is 0 Å². The van der Waals surface area contributed by atoms with Gasteiger partial charge >= 0.3 is 0 Å². The molecule has 0 aliphatic rings. The third kappa shape index (κ3) is 4.47. The van der Waals surface area contributed by atoms with Gasteiger partial charge in [0.05, 0.1) is 11.1 Å². The second kappa shape index (κ2) is 8.76. The van der Waals surface area contributed by atoms with E-state index in [0.29, 0.717) is 0 Å². The molecule has 0 saturated heterocycles. The third-order valence-electron chi connectivity index (χ3n) is 5.48. The minimum atomic E-state index is -4.56. The second-order valence-electron chi connectivity index (χ2n) is 7.58. The van der Waals surface area contributed by atoms with Crippen molar-refractivity contribution in [1.29, 1.82) is 0 Å². The molecule has 0 N–H and O–H groups in total. The SMILES string of the molecule is Cc1ccc(C[P+](c2ccccc2)(c2ccccc2)c2cccc(S(=O)(=O)[O-])c2)cc1. The topological polar surface area (TPSA) is 57.2 Å². The Hall–Kier alpha value is -2.78. The van der Waals surface area contributed by atoms with Gasteiger partial charge in [-0.05, 0) is 55.0 Å². The normalized spacial score (nSPS) is 11.9. The van der Waals surface area contributed by atoms with Crippen molar-refractivity contribution in [2.24, 2.45) is 0 Å². The van der Waals surface area contributed by atoms with Crippen LogP contribution in [0, 0.1) is 6.92 Å². The molecule has 0 fully saturated rings. The first-order chi connectivity index (χ1) is 14.9. The molecule has 0 amide bonds. The van der Waals surface area contributed by atoms with Crippen molar-refractivity contribution in [2.45, 2.75) is 18.0 Å². The molecule has 4 rings (SSSR count). The van der Waals surface area contributed by atoms with Crippen LogP contribution in [0.15, 0.2) is 114 Å². The summed E-state index contributed by atoms with van der Waals surface area (Å²) in [5, 5.41) is 3.16. The molecule has 0 atom stereocenters. The fourth-order valence-corrected chi connectivity index (χ4v) is 8.80. The number of aryl methyl sites for hydroxylation is 1. The van der Waals surface area contributed by atoms with Crippen LogP contribution in [0.4, 0.5) is 0 Å².